The molecule has 0 saturated heterocycles. The predicted molar refractivity (Wildman–Crippen MR) is 108 cm³/mol. The largest absolute Gasteiger partial charge is 0.508 e. The lowest BCUT2D eigenvalue weighted by atomic mass is 9.94. The van der Waals surface area contributed by atoms with E-state index in [-0.39, 0.29) is 17.9 Å². The maximum atomic E-state index is 10.3. The van der Waals surface area contributed by atoms with E-state index >= 15 is 0 Å². The number of hydrogen-bond acceptors (Lipinski definition) is 5. The van der Waals surface area contributed by atoms with E-state index in [0.29, 0.717) is 17.9 Å². The molecule has 146 valence electrons. The van der Waals surface area contributed by atoms with E-state index in [1.807, 2.05) is 12.3 Å². The molecule has 0 amide bonds. The van der Waals surface area contributed by atoms with Crippen molar-refractivity contribution in [3.63, 3.8) is 0 Å². The molecule has 0 aliphatic rings. The van der Waals surface area contributed by atoms with Crippen LogP contribution in [-0.4, -0.2) is 40.0 Å². The Kier molecular flexibility index (Phi) is 5.88. The molecule has 4 N–H and O–H groups in total. The molecule has 6 nitrogen and oxygen atoms in total. The van der Waals surface area contributed by atoms with Gasteiger partial charge in [-0.2, -0.15) is 5.26 Å². The molecule has 0 unspecified atom stereocenters. The number of ether oxygens (including phenoxy) is 1. The number of nitrogens with one attached hydrogen (secondary N) is 2. The highest BCUT2D eigenvalue weighted by molar-refractivity contribution is 5.84. The van der Waals surface area contributed by atoms with Crippen molar-refractivity contribution in [1.82, 2.24) is 10.3 Å². The fraction of sp³-hybridized carbons (Fsp3) is 0.318. The molecule has 1 aromatic heterocycles. The van der Waals surface area contributed by atoms with Gasteiger partial charge in [-0.15, -0.1) is 0 Å². The number of para-hydroxylation sites is 1. The van der Waals surface area contributed by atoms with Gasteiger partial charge in [0, 0.05) is 29.2 Å². The van der Waals surface area contributed by atoms with Crippen LogP contribution in [-0.2, 0) is 6.42 Å². The summed E-state index contributed by atoms with van der Waals surface area (Å²) >= 11 is 0. The molecule has 1 heterocycles. The highest BCUT2D eigenvalue weighted by atomic mass is 16.5. The Morgan fingerprint density at radius 3 is 2.82 bits per heavy atom. The lowest BCUT2D eigenvalue weighted by molar-refractivity contribution is 0.0987. The van der Waals surface area contributed by atoms with E-state index in [4.69, 9.17) is 10.00 Å². The van der Waals surface area contributed by atoms with Crippen LogP contribution in [0.5, 0.6) is 11.5 Å². The van der Waals surface area contributed by atoms with Crippen LogP contribution in [0.25, 0.3) is 10.9 Å². The average molecular weight is 379 g/mol. The molecule has 3 aromatic rings. The average Bonchev–Trinajstić information content (AvgIpc) is 3.06. The molecule has 6 heteroatoms. The van der Waals surface area contributed by atoms with Crippen LogP contribution in [0.1, 0.15) is 25.0 Å². The Labute approximate surface area is 164 Å². The molecule has 28 heavy (non-hydrogen) atoms. The Hall–Kier alpha value is -3.01. The van der Waals surface area contributed by atoms with Gasteiger partial charge in [-0.1, -0.05) is 12.1 Å². The van der Waals surface area contributed by atoms with Gasteiger partial charge in [0.1, 0.15) is 30.3 Å². The summed E-state index contributed by atoms with van der Waals surface area (Å²) in [4.78, 5) is 3.22. The van der Waals surface area contributed by atoms with Crippen LogP contribution in [0.3, 0.4) is 0 Å². The minimum absolute atomic E-state index is 0.0999. The van der Waals surface area contributed by atoms with Crippen LogP contribution in [0.4, 0.5) is 0 Å². The molecule has 0 bridgehead atoms. The van der Waals surface area contributed by atoms with Crippen LogP contribution in [0.15, 0.2) is 48.7 Å². The molecule has 2 aromatic carbocycles. The van der Waals surface area contributed by atoms with Crippen molar-refractivity contribution >= 4 is 10.9 Å². The minimum Gasteiger partial charge on any atom is -0.508 e. The predicted octanol–water partition coefficient (Wildman–Crippen LogP) is 3.10. The number of aromatic amines is 1. The standard InChI is InChI=1S/C22H25N3O3/c1-22(2,10-16-12-24-20-8-7-17(26)9-19(16)20)25-13-18(27)14-28-21-6-4-3-5-15(21)11-23/h3-9,12,18,24-27H,10,13-14H2,1-2H3/t18-/m1/s1. The molecular formula is C22H25N3O3. The van der Waals surface area contributed by atoms with Gasteiger partial charge < -0.3 is 25.3 Å². The van der Waals surface area contributed by atoms with Crippen molar-refractivity contribution in [2.24, 2.45) is 0 Å². The van der Waals surface area contributed by atoms with Crippen molar-refractivity contribution in [2.45, 2.75) is 31.9 Å². The van der Waals surface area contributed by atoms with E-state index in [1.165, 1.54) is 0 Å². The second kappa shape index (κ2) is 8.34. The summed E-state index contributed by atoms with van der Waals surface area (Å²) in [5.74, 6) is 0.714. The first-order chi connectivity index (χ1) is 13.4. The van der Waals surface area contributed by atoms with Crippen molar-refractivity contribution < 1.29 is 14.9 Å². The molecule has 1 atom stereocenters. The fourth-order valence-electron chi connectivity index (χ4n) is 3.18. The van der Waals surface area contributed by atoms with Gasteiger partial charge in [0.15, 0.2) is 0 Å². The van der Waals surface area contributed by atoms with Crippen LogP contribution in [0.2, 0.25) is 0 Å². The van der Waals surface area contributed by atoms with Crippen LogP contribution in [0, 0.1) is 11.3 Å². The minimum atomic E-state index is -0.710. The number of benzene rings is 2. The molecular weight excluding hydrogens is 354 g/mol. The third-order valence-electron chi connectivity index (χ3n) is 4.64. The number of nitrogens with zero attached hydrogens (tertiary/aromatic N) is 1. The lowest BCUT2D eigenvalue weighted by Gasteiger charge is -2.28. The second-order valence-corrected chi connectivity index (χ2v) is 7.56. The van der Waals surface area contributed by atoms with Crippen molar-refractivity contribution in [2.75, 3.05) is 13.2 Å². The zero-order valence-corrected chi connectivity index (χ0v) is 16.1. The van der Waals surface area contributed by atoms with Crippen LogP contribution >= 0.6 is 0 Å². The number of aromatic hydroxyl groups is 1. The molecule has 0 fully saturated rings. The highest BCUT2D eigenvalue weighted by Crippen LogP contribution is 2.26. The first-order valence-electron chi connectivity index (χ1n) is 9.22. The number of nitriles is 1. The van der Waals surface area contributed by atoms with E-state index < -0.39 is 6.10 Å². The molecule has 3 rings (SSSR count). The third-order valence-corrected chi connectivity index (χ3v) is 4.64. The molecule has 0 aliphatic heterocycles. The quantitative estimate of drug-likeness (QED) is 0.482. The number of phenols is 1. The Morgan fingerprint density at radius 2 is 2.04 bits per heavy atom. The van der Waals surface area contributed by atoms with Gasteiger partial charge in [-0.05, 0) is 56.2 Å². The summed E-state index contributed by atoms with van der Waals surface area (Å²) in [7, 11) is 0. The first kappa shape index (κ1) is 19.7. The number of β-amino-alcohol motifs (C(OH)–C–C–N with tert-alkyl or cyclic N) is 1. The topological polar surface area (TPSA) is 101 Å². The number of rotatable bonds is 8. The van der Waals surface area contributed by atoms with E-state index in [1.54, 1.807) is 36.4 Å². The summed E-state index contributed by atoms with van der Waals surface area (Å²) in [6, 6.07) is 14.3. The van der Waals surface area contributed by atoms with Crippen LogP contribution < -0.4 is 10.1 Å². The number of aromatic nitrogens is 1. The fourth-order valence-corrected chi connectivity index (χ4v) is 3.18. The van der Waals surface area contributed by atoms with Gasteiger partial charge in [-0.3, -0.25) is 0 Å². The lowest BCUT2D eigenvalue weighted by Crippen LogP contribution is -2.46. The van der Waals surface area contributed by atoms with E-state index in [2.05, 4.69) is 30.2 Å². The van der Waals surface area contributed by atoms with Gasteiger partial charge in [0.2, 0.25) is 0 Å². The van der Waals surface area contributed by atoms with Crippen molar-refractivity contribution in [1.29, 1.82) is 5.26 Å². The van der Waals surface area contributed by atoms with Crippen molar-refractivity contribution in [3.05, 3.63) is 59.8 Å². The molecule has 0 aliphatic carbocycles. The SMILES string of the molecule is CC(C)(Cc1c[nH]c2ccc(O)cc12)NC[C@@H](O)COc1ccccc1C#N. The number of H-pyrrole nitrogens is 1. The smallest absolute Gasteiger partial charge is 0.137 e. The Balaban J connectivity index is 1.55. The zero-order chi connectivity index (χ0) is 20.1. The van der Waals surface area contributed by atoms with Gasteiger partial charge >= 0.3 is 0 Å². The van der Waals surface area contributed by atoms with Gasteiger partial charge in [0.05, 0.1) is 5.56 Å². The maximum absolute atomic E-state index is 10.3. The monoisotopic (exact) mass is 379 g/mol. The first-order valence-corrected chi connectivity index (χ1v) is 9.22. The van der Waals surface area contributed by atoms with E-state index in [9.17, 15) is 10.2 Å². The number of aliphatic hydroxyl groups excluding tert-OH is 1. The molecule has 0 spiro atoms. The van der Waals surface area contributed by atoms with Crippen molar-refractivity contribution in [3.8, 4) is 17.6 Å². The zero-order valence-electron chi connectivity index (χ0n) is 16.1. The summed E-state index contributed by atoms with van der Waals surface area (Å²) in [5, 5.41) is 33.5. The van der Waals surface area contributed by atoms with Gasteiger partial charge in [-0.25, -0.2) is 0 Å². The number of fused-ring (bicyclic) bond motifs is 1. The summed E-state index contributed by atoms with van der Waals surface area (Å²) in [6.45, 7) is 4.58. The molecule has 0 radical (unpaired) electrons. The maximum Gasteiger partial charge on any atom is 0.137 e. The third kappa shape index (κ3) is 4.83. The number of aliphatic hydroxyl groups is 1. The Morgan fingerprint density at radius 1 is 1.25 bits per heavy atom. The van der Waals surface area contributed by atoms with Gasteiger partial charge in [0.25, 0.3) is 0 Å². The molecule has 0 saturated carbocycles. The van der Waals surface area contributed by atoms with E-state index in [0.717, 1.165) is 22.9 Å². The second-order valence-electron chi connectivity index (χ2n) is 7.56. The Bertz CT molecular complexity index is 988. The number of hydrogen-bond donors (Lipinski definition) is 4. The summed E-state index contributed by atoms with van der Waals surface area (Å²) in [5.41, 5.74) is 2.25. The highest BCUT2D eigenvalue weighted by Gasteiger charge is 2.21. The normalized spacial score (nSPS) is 12.6. The summed E-state index contributed by atoms with van der Waals surface area (Å²) < 4.78 is 5.59. The number of phenolic OH excluding ortho intramolecular Hbond substituents is 1. The summed E-state index contributed by atoms with van der Waals surface area (Å²) in [6.07, 6.45) is 1.96.